The van der Waals surface area contributed by atoms with Crippen LogP contribution < -0.4 is 0 Å². The van der Waals surface area contributed by atoms with Crippen molar-refractivity contribution in [2.75, 3.05) is 26.2 Å². The van der Waals surface area contributed by atoms with Gasteiger partial charge in [0, 0.05) is 18.5 Å². The molecule has 0 saturated carbocycles. The molecule has 1 aliphatic rings. The van der Waals surface area contributed by atoms with E-state index in [0.717, 1.165) is 6.54 Å². The van der Waals surface area contributed by atoms with Crippen LogP contribution in [0, 0.1) is 5.41 Å². The van der Waals surface area contributed by atoms with Gasteiger partial charge in [0.15, 0.2) is 0 Å². The van der Waals surface area contributed by atoms with E-state index >= 15 is 0 Å². The number of benzene rings is 1. The summed E-state index contributed by atoms with van der Waals surface area (Å²) in [5.74, 6) is 0. The molecule has 1 saturated heterocycles. The molecule has 1 fully saturated rings. The second-order valence-electron chi connectivity index (χ2n) is 6.75. The van der Waals surface area contributed by atoms with Crippen LogP contribution in [0.4, 0.5) is 0 Å². The van der Waals surface area contributed by atoms with Gasteiger partial charge in [0.05, 0.1) is 6.61 Å². The molecule has 112 valence electrons. The van der Waals surface area contributed by atoms with Gasteiger partial charge < -0.3 is 10.0 Å². The predicted octanol–water partition coefficient (Wildman–Crippen LogP) is 3.45. The Morgan fingerprint density at radius 1 is 1.20 bits per heavy atom. The molecular weight excluding hydrogens is 246 g/mol. The SMILES string of the molecule is CCC1(CC)CCN(CC(C)(CO)c2ccccc2)C1. The van der Waals surface area contributed by atoms with Gasteiger partial charge in [0.2, 0.25) is 0 Å². The third kappa shape index (κ3) is 3.07. The van der Waals surface area contributed by atoms with Crippen molar-refractivity contribution >= 4 is 0 Å². The number of nitrogens with zero attached hydrogens (tertiary/aromatic N) is 1. The van der Waals surface area contributed by atoms with E-state index in [-0.39, 0.29) is 12.0 Å². The maximum atomic E-state index is 9.92. The molecule has 2 rings (SSSR count). The quantitative estimate of drug-likeness (QED) is 0.859. The molecule has 1 heterocycles. The number of likely N-dealkylation sites (tertiary alicyclic amines) is 1. The van der Waals surface area contributed by atoms with Gasteiger partial charge in [0.1, 0.15) is 0 Å². The van der Waals surface area contributed by atoms with Gasteiger partial charge in [-0.2, -0.15) is 0 Å². The minimum Gasteiger partial charge on any atom is -0.395 e. The Bertz CT molecular complexity index is 413. The molecule has 20 heavy (non-hydrogen) atoms. The van der Waals surface area contributed by atoms with E-state index in [1.807, 2.05) is 6.07 Å². The van der Waals surface area contributed by atoms with E-state index < -0.39 is 0 Å². The summed E-state index contributed by atoms with van der Waals surface area (Å²) < 4.78 is 0. The normalized spacial score (nSPS) is 21.8. The van der Waals surface area contributed by atoms with Crippen molar-refractivity contribution < 1.29 is 5.11 Å². The maximum Gasteiger partial charge on any atom is 0.0537 e. The number of aliphatic hydroxyl groups is 1. The fourth-order valence-electron chi connectivity index (χ4n) is 3.56. The van der Waals surface area contributed by atoms with Crippen LogP contribution >= 0.6 is 0 Å². The molecule has 2 heteroatoms. The van der Waals surface area contributed by atoms with E-state index in [4.69, 9.17) is 0 Å². The molecule has 1 aromatic carbocycles. The summed E-state index contributed by atoms with van der Waals surface area (Å²) in [6, 6.07) is 10.4. The van der Waals surface area contributed by atoms with Gasteiger partial charge in [-0.1, -0.05) is 51.1 Å². The topological polar surface area (TPSA) is 23.5 Å². The lowest BCUT2D eigenvalue weighted by Gasteiger charge is -2.34. The molecule has 0 spiro atoms. The summed E-state index contributed by atoms with van der Waals surface area (Å²) in [7, 11) is 0. The zero-order valence-corrected chi connectivity index (χ0v) is 13.2. The van der Waals surface area contributed by atoms with Gasteiger partial charge in [-0.3, -0.25) is 0 Å². The summed E-state index contributed by atoms with van der Waals surface area (Å²) in [5.41, 5.74) is 1.60. The third-order valence-electron chi connectivity index (χ3n) is 5.41. The van der Waals surface area contributed by atoms with Crippen molar-refractivity contribution in [2.45, 2.75) is 45.4 Å². The Morgan fingerprint density at radius 2 is 1.85 bits per heavy atom. The Balaban J connectivity index is 2.08. The highest BCUT2D eigenvalue weighted by atomic mass is 16.3. The van der Waals surface area contributed by atoms with Crippen LogP contribution in [0.25, 0.3) is 0 Å². The summed E-state index contributed by atoms with van der Waals surface area (Å²) in [5, 5.41) is 9.92. The van der Waals surface area contributed by atoms with Gasteiger partial charge in [-0.25, -0.2) is 0 Å². The van der Waals surface area contributed by atoms with Crippen LogP contribution in [0.3, 0.4) is 0 Å². The van der Waals surface area contributed by atoms with Crippen molar-refractivity contribution in [2.24, 2.45) is 5.41 Å². The Labute approximate surface area is 123 Å². The van der Waals surface area contributed by atoms with Crippen molar-refractivity contribution in [3.05, 3.63) is 35.9 Å². The lowest BCUT2D eigenvalue weighted by Crippen LogP contribution is -2.41. The van der Waals surface area contributed by atoms with E-state index in [1.165, 1.54) is 37.9 Å². The molecular formula is C18H29NO. The van der Waals surface area contributed by atoms with Crippen LogP contribution in [-0.4, -0.2) is 36.2 Å². The first-order valence-corrected chi connectivity index (χ1v) is 7.96. The van der Waals surface area contributed by atoms with Gasteiger partial charge in [-0.15, -0.1) is 0 Å². The fourth-order valence-corrected chi connectivity index (χ4v) is 3.56. The smallest absolute Gasteiger partial charge is 0.0537 e. The highest BCUT2D eigenvalue weighted by Gasteiger charge is 2.38. The van der Waals surface area contributed by atoms with E-state index in [0.29, 0.717) is 5.41 Å². The predicted molar refractivity (Wildman–Crippen MR) is 85.0 cm³/mol. The average molecular weight is 275 g/mol. The minimum absolute atomic E-state index is 0.154. The lowest BCUT2D eigenvalue weighted by molar-refractivity contribution is 0.146. The zero-order valence-electron chi connectivity index (χ0n) is 13.2. The molecule has 0 radical (unpaired) electrons. The summed E-state index contributed by atoms with van der Waals surface area (Å²) >= 11 is 0. The standard InChI is InChI=1S/C18H29NO/c1-4-18(5-2)11-12-19(14-18)13-17(3,15-20)16-9-7-6-8-10-16/h6-10,20H,4-5,11-15H2,1-3H3. The first-order chi connectivity index (χ1) is 9.57. The van der Waals surface area contributed by atoms with Crippen molar-refractivity contribution in [3.8, 4) is 0 Å². The van der Waals surface area contributed by atoms with E-state index in [9.17, 15) is 5.11 Å². The van der Waals surface area contributed by atoms with Gasteiger partial charge in [-0.05, 0) is 36.8 Å². The first-order valence-electron chi connectivity index (χ1n) is 7.96. The summed E-state index contributed by atoms with van der Waals surface area (Å²) in [6.07, 6.45) is 3.83. The van der Waals surface area contributed by atoms with E-state index in [1.54, 1.807) is 0 Å². The zero-order chi connectivity index (χ0) is 14.6. The maximum absolute atomic E-state index is 9.92. The fraction of sp³-hybridized carbons (Fsp3) is 0.667. The molecule has 0 aromatic heterocycles. The molecule has 1 N–H and O–H groups in total. The lowest BCUT2D eigenvalue weighted by atomic mass is 9.81. The molecule has 2 nitrogen and oxygen atoms in total. The number of hydrogen-bond acceptors (Lipinski definition) is 2. The summed E-state index contributed by atoms with van der Waals surface area (Å²) in [6.45, 7) is 10.3. The van der Waals surface area contributed by atoms with Gasteiger partial charge >= 0.3 is 0 Å². The first kappa shape index (κ1) is 15.5. The third-order valence-corrected chi connectivity index (χ3v) is 5.41. The van der Waals surface area contributed by atoms with Crippen LogP contribution in [0.15, 0.2) is 30.3 Å². The van der Waals surface area contributed by atoms with Crippen LogP contribution in [-0.2, 0) is 5.41 Å². The van der Waals surface area contributed by atoms with Crippen molar-refractivity contribution in [3.63, 3.8) is 0 Å². The highest BCUT2D eigenvalue weighted by molar-refractivity contribution is 5.25. The number of hydrogen-bond donors (Lipinski definition) is 1. The van der Waals surface area contributed by atoms with E-state index in [2.05, 4.69) is 49.9 Å². The number of rotatable bonds is 6. The molecule has 0 aliphatic carbocycles. The Morgan fingerprint density at radius 3 is 2.35 bits per heavy atom. The van der Waals surface area contributed by atoms with Crippen LogP contribution in [0.5, 0.6) is 0 Å². The van der Waals surface area contributed by atoms with Crippen molar-refractivity contribution in [1.82, 2.24) is 4.90 Å². The monoisotopic (exact) mass is 275 g/mol. The summed E-state index contributed by atoms with van der Waals surface area (Å²) in [4.78, 5) is 2.55. The molecule has 0 bridgehead atoms. The van der Waals surface area contributed by atoms with Crippen LogP contribution in [0.1, 0.15) is 45.6 Å². The number of aliphatic hydroxyl groups excluding tert-OH is 1. The largest absolute Gasteiger partial charge is 0.395 e. The molecule has 1 atom stereocenters. The average Bonchev–Trinajstić information content (AvgIpc) is 2.91. The highest BCUT2D eigenvalue weighted by Crippen LogP contribution is 2.38. The molecule has 1 unspecified atom stereocenters. The van der Waals surface area contributed by atoms with Crippen molar-refractivity contribution in [1.29, 1.82) is 0 Å². The Hall–Kier alpha value is -0.860. The second kappa shape index (κ2) is 6.28. The minimum atomic E-state index is -0.154. The second-order valence-corrected chi connectivity index (χ2v) is 6.75. The van der Waals surface area contributed by atoms with Crippen LogP contribution in [0.2, 0.25) is 0 Å². The molecule has 0 amide bonds. The Kier molecular flexibility index (Phi) is 4.87. The van der Waals surface area contributed by atoms with Gasteiger partial charge in [0.25, 0.3) is 0 Å². The molecule has 1 aromatic rings. The molecule has 1 aliphatic heterocycles.